The highest BCUT2D eigenvalue weighted by Gasteiger charge is 2.25. The van der Waals surface area contributed by atoms with Gasteiger partial charge >= 0.3 is 0 Å². The average Bonchev–Trinajstić information content (AvgIpc) is 3.18. The maximum Gasteiger partial charge on any atom is 0.240 e. The van der Waals surface area contributed by atoms with Gasteiger partial charge in [0.15, 0.2) is 5.13 Å². The minimum absolute atomic E-state index is 0.0324. The van der Waals surface area contributed by atoms with Crippen LogP contribution < -0.4 is 10.6 Å². The first-order valence-electron chi connectivity index (χ1n) is 10.8. The van der Waals surface area contributed by atoms with Crippen molar-refractivity contribution in [1.29, 1.82) is 0 Å². The van der Waals surface area contributed by atoms with Gasteiger partial charge in [0.25, 0.3) is 0 Å². The van der Waals surface area contributed by atoms with Gasteiger partial charge in [0, 0.05) is 43.7 Å². The van der Waals surface area contributed by atoms with Gasteiger partial charge in [0.1, 0.15) is 0 Å². The molecule has 0 atom stereocenters. The van der Waals surface area contributed by atoms with Crippen LogP contribution in [0.5, 0.6) is 0 Å². The van der Waals surface area contributed by atoms with Gasteiger partial charge in [-0.1, -0.05) is 29.8 Å². The topological polar surface area (TPSA) is 83.6 Å². The van der Waals surface area contributed by atoms with Crippen molar-refractivity contribution in [2.45, 2.75) is 32.6 Å². The number of nitrogens with one attached hydrogen (secondary N) is 2. The second kappa shape index (κ2) is 11.9. The van der Waals surface area contributed by atoms with Gasteiger partial charge in [0.05, 0.1) is 6.54 Å². The number of methoxy groups -OCH3 is 1. The molecule has 0 radical (unpaired) electrons. The molecule has 7 nitrogen and oxygen atoms in total. The number of benzene rings is 1. The monoisotopic (exact) mass is 444 g/mol. The lowest BCUT2D eigenvalue weighted by molar-refractivity contribution is -0.126. The molecule has 1 saturated heterocycles. The quantitative estimate of drug-likeness (QED) is 0.551. The molecule has 0 unspecified atom stereocenters. The summed E-state index contributed by atoms with van der Waals surface area (Å²) in [6, 6.07) is 8.42. The van der Waals surface area contributed by atoms with E-state index in [0.717, 1.165) is 43.6 Å². The number of hydrogen-bond donors (Lipinski definition) is 2. The van der Waals surface area contributed by atoms with Crippen molar-refractivity contribution in [2.24, 2.45) is 5.92 Å². The Morgan fingerprint density at radius 1 is 1.29 bits per heavy atom. The Bertz CT molecular complexity index is 862. The molecule has 1 fully saturated rings. The molecule has 2 N–H and O–H groups in total. The Morgan fingerprint density at radius 2 is 2.10 bits per heavy atom. The van der Waals surface area contributed by atoms with E-state index in [1.165, 1.54) is 22.5 Å². The molecule has 168 valence electrons. The number of amides is 2. The van der Waals surface area contributed by atoms with Crippen LogP contribution >= 0.6 is 11.3 Å². The Morgan fingerprint density at radius 3 is 2.84 bits per heavy atom. The van der Waals surface area contributed by atoms with Crippen LogP contribution in [0.1, 0.15) is 35.3 Å². The Kier molecular flexibility index (Phi) is 8.99. The fraction of sp³-hybridized carbons (Fsp3) is 0.522. The van der Waals surface area contributed by atoms with Crippen LogP contribution in [0.3, 0.4) is 0 Å². The standard InChI is InChI=1S/C23H32N4O3S/c1-17-5-3-6-18(13-17)14-20-15-25-23(31-20)26-21(28)16-27-10-7-19(8-11-27)22(29)24-9-4-12-30-2/h3,5-6,13,15,19H,4,7-12,14,16H2,1-2H3,(H,24,29)(H,25,26,28). The normalized spacial score (nSPS) is 15.0. The lowest BCUT2D eigenvalue weighted by Gasteiger charge is -2.30. The number of thiazole rings is 1. The van der Waals surface area contributed by atoms with Crippen LogP contribution in [-0.2, 0) is 20.7 Å². The molecule has 1 aliphatic rings. The summed E-state index contributed by atoms with van der Waals surface area (Å²) in [4.78, 5) is 32.2. The van der Waals surface area contributed by atoms with Gasteiger partial charge in [-0.25, -0.2) is 4.98 Å². The summed E-state index contributed by atoms with van der Waals surface area (Å²) in [7, 11) is 1.66. The zero-order valence-electron chi connectivity index (χ0n) is 18.4. The van der Waals surface area contributed by atoms with Crippen molar-refractivity contribution in [3.63, 3.8) is 0 Å². The molecular weight excluding hydrogens is 412 g/mol. The zero-order chi connectivity index (χ0) is 22.1. The molecular formula is C23H32N4O3S. The molecule has 2 heterocycles. The molecule has 0 bridgehead atoms. The van der Waals surface area contributed by atoms with E-state index < -0.39 is 0 Å². The molecule has 0 spiro atoms. The number of carbonyl (C=O) groups excluding carboxylic acids is 2. The van der Waals surface area contributed by atoms with Crippen LogP contribution in [0.25, 0.3) is 0 Å². The number of aryl methyl sites for hydroxylation is 1. The minimum Gasteiger partial charge on any atom is -0.385 e. The first-order chi connectivity index (χ1) is 15.0. The molecule has 3 rings (SSSR count). The maximum atomic E-state index is 12.4. The summed E-state index contributed by atoms with van der Waals surface area (Å²) >= 11 is 1.52. The van der Waals surface area contributed by atoms with Crippen LogP contribution in [-0.4, -0.2) is 61.6 Å². The summed E-state index contributed by atoms with van der Waals surface area (Å²) < 4.78 is 5.00. The number of anilines is 1. The van der Waals surface area contributed by atoms with Crippen LogP contribution in [0.2, 0.25) is 0 Å². The second-order valence-electron chi connectivity index (χ2n) is 8.03. The van der Waals surface area contributed by atoms with Crippen molar-refractivity contribution in [2.75, 3.05) is 45.2 Å². The number of rotatable bonds is 10. The third kappa shape index (κ3) is 7.72. The zero-order valence-corrected chi connectivity index (χ0v) is 19.2. The molecule has 2 aromatic rings. The number of nitrogens with zero attached hydrogens (tertiary/aromatic N) is 2. The van der Waals surface area contributed by atoms with Crippen molar-refractivity contribution in [3.05, 3.63) is 46.5 Å². The van der Waals surface area contributed by atoms with Gasteiger partial charge in [-0.15, -0.1) is 11.3 Å². The fourth-order valence-electron chi connectivity index (χ4n) is 3.76. The van der Waals surface area contributed by atoms with Gasteiger partial charge < -0.3 is 15.4 Å². The predicted molar refractivity (Wildman–Crippen MR) is 123 cm³/mol. The van der Waals surface area contributed by atoms with Crippen LogP contribution in [0.15, 0.2) is 30.5 Å². The molecule has 31 heavy (non-hydrogen) atoms. The van der Waals surface area contributed by atoms with E-state index in [0.29, 0.717) is 24.8 Å². The molecule has 0 aliphatic carbocycles. The molecule has 1 aromatic carbocycles. The maximum absolute atomic E-state index is 12.4. The van der Waals surface area contributed by atoms with E-state index in [9.17, 15) is 9.59 Å². The number of ether oxygens (including phenoxy) is 1. The molecule has 2 amide bonds. The van der Waals surface area contributed by atoms with Crippen molar-refractivity contribution >= 4 is 28.3 Å². The largest absolute Gasteiger partial charge is 0.385 e. The Balaban J connectivity index is 1.38. The van der Waals surface area contributed by atoms with Gasteiger partial charge in [-0.05, 0) is 44.8 Å². The van der Waals surface area contributed by atoms with Gasteiger partial charge in [0.2, 0.25) is 11.8 Å². The lowest BCUT2D eigenvalue weighted by Crippen LogP contribution is -2.43. The minimum atomic E-state index is -0.0566. The first-order valence-corrected chi connectivity index (χ1v) is 11.6. The highest BCUT2D eigenvalue weighted by atomic mass is 32.1. The summed E-state index contributed by atoms with van der Waals surface area (Å²) in [5.74, 6) is 0.0908. The second-order valence-corrected chi connectivity index (χ2v) is 9.15. The molecule has 8 heteroatoms. The summed E-state index contributed by atoms with van der Waals surface area (Å²) in [5, 5.41) is 6.53. The number of likely N-dealkylation sites (tertiary alicyclic amines) is 1. The van der Waals surface area contributed by atoms with Crippen molar-refractivity contribution in [1.82, 2.24) is 15.2 Å². The number of aromatic nitrogens is 1. The summed E-state index contributed by atoms with van der Waals surface area (Å²) in [5.41, 5.74) is 2.48. The number of carbonyl (C=O) groups is 2. The Hall–Kier alpha value is -2.29. The van der Waals surface area contributed by atoms with Crippen LogP contribution in [0, 0.1) is 12.8 Å². The predicted octanol–water partition coefficient (Wildman–Crippen LogP) is 2.85. The lowest BCUT2D eigenvalue weighted by atomic mass is 9.96. The molecule has 1 aromatic heterocycles. The number of hydrogen-bond acceptors (Lipinski definition) is 6. The third-order valence-electron chi connectivity index (χ3n) is 5.41. The van der Waals surface area contributed by atoms with E-state index in [1.54, 1.807) is 7.11 Å². The van der Waals surface area contributed by atoms with Crippen LogP contribution in [0.4, 0.5) is 5.13 Å². The van der Waals surface area contributed by atoms with E-state index in [2.05, 4.69) is 51.7 Å². The van der Waals surface area contributed by atoms with Crippen molar-refractivity contribution < 1.29 is 14.3 Å². The SMILES string of the molecule is COCCCNC(=O)C1CCN(CC(=O)Nc2ncc(Cc3cccc(C)c3)s2)CC1. The fourth-order valence-corrected chi connectivity index (χ4v) is 4.62. The summed E-state index contributed by atoms with van der Waals surface area (Å²) in [6.07, 6.45) is 5.03. The number of piperidine rings is 1. The highest BCUT2D eigenvalue weighted by Crippen LogP contribution is 2.22. The summed E-state index contributed by atoms with van der Waals surface area (Å²) in [6.45, 7) is 5.21. The van der Waals surface area contributed by atoms with Gasteiger partial charge in [-0.3, -0.25) is 14.5 Å². The van der Waals surface area contributed by atoms with Crippen molar-refractivity contribution in [3.8, 4) is 0 Å². The Labute approximate surface area is 188 Å². The highest BCUT2D eigenvalue weighted by molar-refractivity contribution is 7.15. The molecule has 1 aliphatic heterocycles. The smallest absolute Gasteiger partial charge is 0.240 e. The van der Waals surface area contributed by atoms with Gasteiger partial charge in [-0.2, -0.15) is 0 Å². The first kappa shape index (κ1) is 23.4. The van der Waals surface area contributed by atoms with E-state index in [-0.39, 0.29) is 17.7 Å². The van der Waals surface area contributed by atoms with E-state index in [1.807, 2.05) is 6.20 Å². The van der Waals surface area contributed by atoms with E-state index >= 15 is 0 Å². The molecule has 0 saturated carbocycles. The van der Waals surface area contributed by atoms with E-state index in [4.69, 9.17) is 4.74 Å². The third-order valence-corrected chi connectivity index (χ3v) is 6.32. The average molecular weight is 445 g/mol.